The Morgan fingerprint density at radius 3 is 2.44 bits per heavy atom. The Kier molecular flexibility index (Phi) is 5.77. The molecule has 0 aliphatic rings. The Hall–Kier alpha value is -0.610. The van der Waals surface area contributed by atoms with Crippen LogP contribution in [-0.2, 0) is 11.2 Å². The van der Waals surface area contributed by atoms with Crippen LogP contribution in [0.2, 0.25) is 0 Å². The van der Waals surface area contributed by atoms with Crippen molar-refractivity contribution in [3.8, 4) is 0 Å². The molecule has 0 aromatic heterocycles. The molecule has 1 atom stereocenters. The average molecular weight is 348 g/mol. The second-order valence-electron chi connectivity index (χ2n) is 3.45. The van der Waals surface area contributed by atoms with Crippen LogP contribution in [0.5, 0.6) is 0 Å². The van der Waals surface area contributed by atoms with Gasteiger partial charge in [0.15, 0.2) is 0 Å². The van der Waals surface area contributed by atoms with Gasteiger partial charge >= 0.3 is 5.97 Å². The molecule has 0 saturated carbocycles. The van der Waals surface area contributed by atoms with E-state index < -0.39 is 5.97 Å². The number of hydrogen-bond acceptors (Lipinski definition) is 1. The molecule has 0 heterocycles. The summed E-state index contributed by atoms with van der Waals surface area (Å²) in [7, 11) is 0. The molecular weight excluding hydrogens is 336 g/mol. The van der Waals surface area contributed by atoms with Crippen LogP contribution in [-0.4, -0.2) is 11.1 Å². The molecule has 1 aromatic carbocycles. The van der Waals surface area contributed by atoms with E-state index in [2.05, 4.69) is 31.9 Å². The van der Waals surface area contributed by atoms with Gasteiger partial charge in [0.25, 0.3) is 0 Å². The van der Waals surface area contributed by atoms with E-state index in [0.717, 1.165) is 8.96 Å². The van der Waals surface area contributed by atoms with Gasteiger partial charge in [0.1, 0.15) is 0 Å². The molecule has 0 fully saturated rings. The van der Waals surface area contributed by atoms with Gasteiger partial charge in [-0.1, -0.05) is 36.4 Å². The summed E-state index contributed by atoms with van der Waals surface area (Å²) in [5.41, 5.74) is 1.05. The highest BCUT2D eigenvalue weighted by Gasteiger charge is 2.16. The second kappa shape index (κ2) is 6.86. The number of rotatable bonds is 5. The highest BCUT2D eigenvalue weighted by molar-refractivity contribution is 9.28. The number of carbonyl (C=O) groups is 1. The molecule has 4 heteroatoms. The summed E-state index contributed by atoms with van der Waals surface area (Å²) < 4.78 is 0.791. The number of carboxylic acid groups (broad SMARTS) is 1. The third-order valence-corrected chi connectivity index (χ3v) is 2.88. The lowest BCUT2D eigenvalue weighted by Crippen LogP contribution is -2.15. The number of benzene rings is 1. The number of allylic oxidation sites excluding steroid dienone is 1. The van der Waals surface area contributed by atoms with E-state index >= 15 is 0 Å². The molecule has 86 valence electrons. The summed E-state index contributed by atoms with van der Waals surface area (Å²) in [6, 6.07) is 9.66. The summed E-state index contributed by atoms with van der Waals surface area (Å²) in [5, 5.41) is 9.09. The fraction of sp³-hybridized carbons (Fsp3) is 0.250. The van der Waals surface area contributed by atoms with Crippen molar-refractivity contribution in [2.45, 2.75) is 12.8 Å². The maximum absolute atomic E-state index is 11.1. The number of halogens is 2. The van der Waals surface area contributed by atoms with E-state index in [9.17, 15) is 4.79 Å². The van der Waals surface area contributed by atoms with Crippen molar-refractivity contribution in [3.05, 3.63) is 45.4 Å². The average Bonchev–Trinajstić information content (AvgIpc) is 2.25. The van der Waals surface area contributed by atoms with Crippen LogP contribution in [0, 0.1) is 5.92 Å². The van der Waals surface area contributed by atoms with Crippen molar-refractivity contribution >= 4 is 37.8 Å². The Balaban J connectivity index is 2.66. The van der Waals surface area contributed by atoms with E-state index in [1.165, 1.54) is 0 Å². The lowest BCUT2D eigenvalue weighted by molar-refractivity contribution is -0.141. The molecule has 0 aliphatic carbocycles. The minimum Gasteiger partial charge on any atom is -0.481 e. The lowest BCUT2D eigenvalue weighted by atomic mass is 9.96. The third kappa shape index (κ3) is 4.94. The van der Waals surface area contributed by atoms with Crippen LogP contribution in [0.15, 0.2) is 39.8 Å². The van der Waals surface area contributed by atoms with Crippen molar-refractivity contribution < 1.29 is 9.90 Å². The molecular formula is C12H12Br2O2. The first kappa shape index (κ1) is 13.5. The molecule has 0 saturated heterocycles. The molecule has 1 N–H and O–H groups in total. The van der Waals surface area contributed by atoms with Gasteiger partial charge in [-0.2, -0.15) is 0 Å². The van der Waals surface area contributed by atoms with Gasteiger partial charge in [-0.25, -0.2) is 0 Å². The summed E-state index contributed by atoms with van der Waals surface area (Å²) >= 11 is 6.44. The number of carboxylic acids is 1. The predicted molar refractivity (Wildman–Crippen MR) is 71.8 cm³/mol. The van der Waals surface area contributed by atoms with Gasteiger partial charge in [-0.15, -0.1) is 0 Å². The normalized spacial score (nSPS) is 11.9. The van der Waals surface area contributed by atoms with E-state index in [0.29, 0.717) is 12.8 Å². The molecule has 16 heavy (non-hydrogen) atoms. The van der Waals surface area contributed by atoms with E-state index in [4.69, 9.17) is 5.11 Å². The third-order valence-electron chi connectivity index (χ3n) is 2.23. The molecule has 0 bridgehead atoms. The first-order chi connectivity index (χ1) is 7.59. The Labute approximate surface area is 112 Å². The summed E-state index contributed by atoms with van der Waals surface area (Å²) in [6.07, 6.45) is 2.89. The summed E-state index contributed by atoms with van der Waals surface area (Å²) in [4.78, 5) is 11.1. The minimum atomic E-state index is -0.763. The largest absolute Gasteiger partial charge is 0.481 e. The van der Waals surface area contributed by atoms with Gasteiger partial charge in [-0.05, 0) is 50.3 Å². The lowest BCUT2D eigenvalue weighted by Gasteiger charge is -2.09. The maximum atomic E-state index is 11.1. The maximum Gasteiger partial charge on any atom is 0.307 e. The molecule has 1 rings (SSSR count). The second-order valence-corrected chi connectivity index (χ2v) is 6.23. The first-order valence-corrected chi connectivity index (χ1v) is 6.46. The highest BCUT2D eigenvalue weighted by Crippen LogP contribution is 2.19. The zero-order chi connectivity index (χ0) is 12.0. The van der Waals surface area contributed by atoms with Gasteiger partial charge in [-0.3, -0.25) is 4.79 Å². The van der Waals surface area contributed by atoms with E-state index in [1.54, 1.807) is 0 Å². The highest BCUT2D eigenvalue weighted by atomic mass is 79.9. The zero-order valence-corrected chi connectivity index (χ0v) is 11.7. The first-order valence-electron chi connectivity index (χ1n) is 4.87. The molecule has 1 unspecified atom stereocenters. The fourth-order valence-electron chi connectivity index (χ4n) is 1.40. The van der Waals surface area contributed by atoms with E-state index in [-0.39, 0.29) is 5.92 Å². The Bertz CT molecular complexity index is 370. The molecule has 0 radical (unpaired) electrons. The van der Waals surface area contributed by atoms with Gasteiger partial charge in [0.2, 0.25) is 0 Å². The standard InChI is InChI=1S/C12H12Br2O2/c13-11(14)7-6-10(12(15)16)8-9-4-2-1-3-5-9/h1-5,7,10H,6,8H2,(H,15,16). The van der Waals surface area contributed by atoms with Crippen molar-refractivity contribution in [2.75, 3.05) is 0 Å². The van der Waals surface area contributed by atoms with Gasteiger partial charge < -0.3 is 5.11 Å². The van der Waals surface area contributed by atoms with Crippen LogP contribution >= 0.6 is 31.9 Å². The van der Waals surface area contributed by atoms with Crippen molar-refractivity contribution in [1.29, 1.82) is 0 Å². The molecule has 0 aliphatic heterocycles. The monoisotopic (exact) mass is 346 g/mol. The van der Waals surface area contributed by atoms with Crippen LogP contribution in [0.4, 0.5) is 0 Å². The molecule has 2 nitrogen and oxygen atoms in total. The number of hydrogen-bond donors (Lipinski definition) is 1. The fourth-order valence-corrected chi connectivity index (χ4v) is 1.78. The van der Waals surface area contributed by atoms with Crippen LogP contribution in [0.1, 0.15) is 12.0 Å². The Morgan fingerprint density at radius 2 is 1.94 bits per heavy atom. The summed E-state index contributed by atoms with van der Waals surface area (Å²) in [6.45, 7) is 0. The van der Waals surface area contributed by atoms with Crippen molar-refractivity contribution in [2.24, 2.45) is 5.92 Å². The van der Waals surface area contributed by atoms with Crippen molar-refractivity contribution in [3.63, 3.8) is 0 Å². The number of aliphatic carboxylic acids is 1. The van der Waals surface area contributed by atoms with Gasteiger partial charge in [0.05, 0.1) is 9.31 Å². The topological polar surface area (TPSA) is 37.3 Å². The van der Waals surface area contributed by atoms with E-state index in [1.807, 2.05) is 36.4 Å². The SMILES string of the molecule is O=C(O)C(CC=C(Br)Br)Cc1ccccc1. The Morgan fingerprint density at radius 1 is 1.31 bits per heavy atom. The van der Waals surface area contributed by atoms with Crippen LogP contribution < -0.4 is 0 Å². The molecule has 1 aromatic rings. The van der Waals surface area contributed by atoms with Gasteiger partial charge in [0, 0.05) is 0 Å². The summed E-state index contributed by atoms with van der Waals surface area (Å²) in [5.74, 6) is -1.14. The quantitative estimate of drug-likeness (QED) is 0.875. The zero-order valence-electron chi connectivity index (χ0n) is 8.57. The predicted octanol–water partition coefficient (Wildman–Crippen LogP) is 3.95. The molecule has 0 amide bonds. The molecule has 0 spiro atoms. The minimum absolute atomic E-state index is 0.382. The smallest absolute Gasteiger partial charge is 0.307 e. The van der Waals surface area contributed by atoms with Crippen molar-refractivity contribution in [1.82, 2.24) is 0 Å². The van der Waals surface area contributed by atoms with Crippen LogP contribution in [0.3, 0.4) is 0 Å². The van der Waals surface area contributed by atoms with Crippen LogP contribution in [0.25, 0.3) is 0 Å².